The van der Waals surface area contributed by atoms with E-state index in [-0.39, 0.29) is 11.9 Å². The van der Waals surface area contributed by atoms with Crippen LogP contribution >= 0.6 is 11.3 Å². The van der Waals surface area contributed by atoms with E-state index in [1.807, 2.05) is 24.8 Å². The molecule has 0 unspecified atom stereocenters. The predicted molar refractivity (Wildman–Crippen MR) is 81.0 cm³/mol. The Labute approximate surface area is 128 Å². The van der Waals surface area contributed by atoms with E-state index in [1.165, 1.54) is 0 Å². The van der Waals surface area contributed by atoms with Gasteiger partial charge in [0.15, 0.2) is 0 Å². The maximum atomic E-state index is 12.6. The molecule has 1 atom stereocenters. The summed E-state index contributed by atoms with van der Waals surface area (Å²) < 4.78 is 0. The summed E-state index contributed by atoms with van der Waals surface area (Å²) in [6, 6.07) is 1.99. The summed E-state index contributed by atoms with van der Waals surface area (Å²) in [4.78, 5) is 28.3. The van der Waals surface area contributed by atoms with Crippen LogP contribution in [0.1, 0.15) is 40.2 Å². The first kappa shape index (κ1) is 14.1. The summed E-state index contributed by atoms with van der Waals surface area (Å²) in [5.74, 6) is 0.169. The second kappa shape index (κ2) is 5.89. The Morgan fingerprint density at radius 3 is 3.00 bits per heavy atom. The van der Waals surface area contributed by atoms with Crippen molar-refractivity contribution >= 4 is 17.2 Å². The summed E-state index contributed by atoms with van der Waals surface area (Å²) in [5, 5.41) is 1.02. The van der Waals surface area contributed by atoms with E-state index < -0.39 is 0 Å². The summed E-state index contributed by atoms with van der Waals surface area (Å²) in [6.07, 6.45) is 5.73. The summed E-state index contributed by atoms with van der Waals surface area (Å²) in [7, 11) is 0. The number of nitrogens with zero attached hydrogens (tertiary/aromatic N) is 4. The van der Waals surface area contributed by atoms with E-state index >= 15 is 0 Å². The summed E-state index contributed by atoms with van der Waals surface area (Å²) in [5.41, 5.74) is 1.91. The number of amides is 1. The quantitative estimate of drug-likeness (QED) is 0.874. The van der Waals surface area contributed by atoms with Gasteiger partial charge in [0.2, 0.25) is 5.91 Å². The molecule has 2 aromatic rings. The molecule has 110 valence electrons. The molecule has 0 spiro atoms. The lowest BCUT2D eigenvalue weighted by Crippen LogP contribution is -2.32. The van der Waals surface area contributed by atoms with Gasteiger partial charge in [-0.25, -0.2) is 15.0 Å². The second-order valence-electron chi connectivity index (χ2n) is 5.30. The van der Waals surface area contributed by atoms with Gasteiger partial charge in [0.1, 0.15) is 6.33 Å². The molecule has 0 bridgehead atoms. The standard InChI is InChI=1S/C15H18N4OS/c1-10-14(21-11(2)18-10)8-15(20)19-7-3-4-13(19)12-5-6-16-9-17-12/h5-6,9,13H,3-4,7-8H2,1-2H3/t13-/m1/s1. The molecule has 6 heteroatoms. The Bertz CT molecular complexity index is 640. The molecular weight excluding hydrogens is 284 g/mol. The Hall–Kier alpha value is -1.82. The van der Waals surface area contributed by atoms with Crippen molar-refractivity contribution in [1.82, 2.24) is 19.9 Å². The van der Waals surface area contributed by atoms with Gasteiger partial charge in [-0.15, -0.1) is 11.3 Å². The minimum absolute atomic E-state index is 0.0924. The molecule has 1 fully saturated rings. The fourth-order valence-corrected chi connectivity index (χ4v) is 3.78. The van der Waals surface area contributed by atoms with Gasteiger partial charge in [0, 0.05) is 17.6 Å². The van der Waals surface area contributed by atoms with Gasteiger partial charge in [-0.05, 0) is 32.8 Å². The molecule has 1 aliphatic rings. The van der Waals surface area contributed by atoms with Crippen molar-refractivity contribution in [1.29, 1.82) is 0 Å². The van der Waals surface area contributed by atoms with Crippen molar-refractivity contribution in [3.8, 4) is 0 Å². The third kappa shape index (κ3) is 2.95. The maximum absolute atomic E-state index is 12.6. The number of rotatable bonds is 3. The minimum atomic E-state index is 0.0924. The van der Waals surface area contributed by atoms with E-state index in [1.54, 1.807) is 23.9 Å². The lowest BCUT2D eigenvalue weighted by Gasteiger charge is -2.24. The number of carbonyl (C=O) groups is 1. The number of likely N-dealkylation sites (tertiary alicyclic amines) is 1. The molecule has 0 N–H and O–H groups in total. The third-order valence-electron chi connectivity index (χ3n) is 3.83. The monoisotopic (exact) mass is 302 g/mol. The number of aromatic nitrogens is 3. The van der Waals surface area contributed by atoms with Gasteiger partial charge in [-0.1, -0.05) is 0 Å². The number of aryl methyl sites for hydroxylation is 2. The molecule has 3 rings (SSSR count). The number of thiazole rings is 1. The summed E-state index contributed by atoms with van der Waals surface area (Å²) >= 11 is 1.61. The zero-order valence-corrected chi connectivity index (χ0v) is 13.1. The Morgan fingerprint density at radius 1 is 1.48 bits per heavy atom. The molecule has 2 aromatic heterocycles. The van der Waals surface area contributed by atoms with Gasteiger partial charge in [-0.3, -0.25) is 4.79 Å². The Kier molecular flexibility index (Phi) is 3.96. The predicted octanol–water partition coefficient (Wildman–Crippen LogP) is 2.46. The van der Waals surface area contributed by atoms with Crippen molar-refractivity contribution in [2.45, 2.75) is 39.2 Å². The molecule has 3 heterocycles. The van der Waals surface area contributed by atoms with Gasteiger partial charge in [-0.2, -0.15) is 0 Å². The number of hydrogen-bond acceptors (Lipinski definition) is 5. The van der Waals surface area contributed by atoms with Crippen molar-refractivity contribution in [2.75, 3.05) is 6.54 Å². The van der Waals surface area contributed by atoms with Crippen LogP contribution in [0.3, 0.4) is 0 Å². The molecule has 0 saturated carbocycles. The molecule has 5 nitrogen and oxygen atoms in total. The van der Waals surface area contributed by atoms with E-state index in [0.717, 1.165) is 40.7 Å². The first-order chi connectivity index (χ1) is 10.1. The van der Waals surface area contributed by atoms with Crippen LogP contribution in [-0.2, 0) is 11.2 Å². The van der Waals surface area contributed by atoms with Gasteiger partial charge in [0.05, 0.1) is 28.9 Å². The van der Waals surface area contributed by atoms with Crippen LogP contribution in [0.4, 0.5) is 0 Å². The zero-order chi connectivity index (χ0) is 14.8. The van der Waals surface area contributed by atoms with Crippen LogP contribution in [0.25, 0.3) is 0 Å². The highest BCUT2D eigenvalue weighted by Gasteiger charge is 2.31. The molecule has 0 radical (unpaired) electrons. The molecule has 0 aliphatic carbocycles. The van der Waals surface area contributed by atoms with E-state index in [4.69, 9.17) is 0 Å². The van der Waals surface area contributed by atoms with Crippen molar-refractivity contribution in [2.24, 2.45) is 0 Å². The van der Waals surface area contributed by atoms with Gasteiger partial charge >= 0.3 is 0 Å². The molecular formula is C15H18N4OS. The highest BCUT2D eigenvalue weighted by Crippen LogP contribution is 2.31. The third-order valence-corrected chi connectivity index (χ3v) is 4.90. The molecule has 1 amide bonds. The zero-order valence-electron chi connectivity index (χ0n) is 12.2. The lowest BCUT2D eigenvalue weighted by molar-refractivity contribution is -0.131. The average Bonchev–Trinajstić information content (AvgIpc) is 3.07. The fourth-order valence-electron chi connectivity index (χ4n) is 2.85. The van der Waals surface area contributed by atoms with Crippen molar-refractivity contribution < 1.29 is 4.79 Å². The number of hydrogen-bond donors (Lipinski definition) is 0. The van der Waals surface area contributed by atoms with Crippen LogP contribution in [0.2, 0.25) is 0 Å². The Morgan fingerprint density at radius 2 is 2.33 bits per heavy atom. The van der Waals surface area contributed by atoms with Crippen LogP contribution < -0.4 is 0 Å². The lowest BCUT2D eigenvalue weighted by atomic mass is 10.1. The van der Waals surface area contributed by atoms with Gasteiger partial charge < -0.3 is 4.90 Å². The topological polar surface area (TPSA) is 59.0 Å². The maximum Gasteiger partial charge on any atom is 0.228 e. The van der Waals surface area contributed by atoms with Crippen molar-refractivity contribution in [3.63, 3.8) is 0 Å². The highest BCUT2D eigenvalue weighted by molar-refractivity contribution is 7.11. The Balaban J connectivity index is 1.76. The first-order valence-electron chi connectivity index (χ1n) is 7.13. The largest absolute Gasteiger partial charge is 0.334 e. The van der Waals surface area contributed by atoms with Crippen LogP contribution in [0, 0.1) is 13.8 Å². The van der Waals surface area contributed by atoms with E-state index in [2.05, 4.69) is 15.0 Å². The fraction of sp³-hybridized carbons (Fsp3) is 0.467. The average molecular weight is 302 g/mol. The first-order valence-corrected chi connectivity index (χ1v) is 7.95. The van der Waals surface area contributed by atoms with Crippen LogP contribution in [0.15, 0.2) is 18.6 Å². The summed E-state index contributed by atoms with van der Waals surface area (Å²) in [6.45, 7) is 4.76. The second-order valence-corrected chi connectivity index (χ2v) is 6.59. The van der Waals surface area contributed by atoms with E-state index in [0.29, 0.717) is 6.42 Å². The molecule has 1 aliphatic heterocycles. The smallest absolute Gasteiger partial charge is 0.228 e. The van der Waals surface area contributed by atoms with E-state index in [9.17, 15) is 4.79 Å². The number of carbonyl (C=O) groups excluding carboxylic acids is 1. The normalized spacial score (nSPS) is 18.2. The van der Waals surface area contributed by atoms with Gasteiger partial charge in [0.25, 0.3) is 0 Å². The van der Waals surface area contributed by atoms with Crippen LogP contribution in [-0.4, -0.2) is 32.3 Å². The highest BCUT2D eigenvalue weighted by atomic mass is 32.1. The SMILES string of the molecule is Cc1nc(C)c(CC(=O)N2CCC[C@@H]2c2ccncn2)s1. The molecule has 21 heavy (non-hydrogen) atoms. The minimum Gasteiger partial charge on any atom is -0.334 e. The van der Waals surface area contributed by atoms with Crippen molar-refractivity contribution in [3.05, 3.63) is 39.9 Å². The van der Waals surface area contributed by atoms with Crippen LogP contribution in [0.5, 0.6) is 0 Å². The molecule has 1 saturated heterocycles. The molecule has 0 aromatic carbocycles.